The minimum Gasteiger partial charge on any atom is -0.475 e. The van der Waals surface area contributed by atoms with E-state index in [0.29, 0.717) is 13.0 Å². The van der Waals surface area contributed by atoms with Crippen molar-refractivity contribution in [2.45, 2.75) is 31.1 Å². The summed E-state index contributed by atoms with van der Waals surface area (Å²) in [5.74, 6) is -2.59. The molecule has 0 unspecified atom stereocenters. The molecule has 2 fully saturated rings. The van der Waals surface area contributed by atoms with Gasteiger partial charge in [-0.05, 0) is 6.42 Å². The summed E-state index contributed by atoms with van der Waals surface area (Å²) in [6.45, 7) is 1.78. The summed E-state index contributed by atoms with van der Waals surface area (Å²) in [6.07, 6.45) is 0.0782. The van der Waals surface area contributed by atoms with Crippen LogP contribution in [-0.2, 0) is 16.6 Å². The fourth-order valence-electron chi connectivity index (χ4n) is 3.20. The van der Waals surface area contributed by atoms with E-state index in [1.807, 2.05) is 18.1 Å². The first-order valence-electron chi connectivity index (χ1n) is 7.61. The molecule has 0 radical (unpaired) electrons. The molecule has 8 nitrogen and oxygen atoms in total. The van der Waals surface area contributed by atoms with E-state index in [1.165, 1.54) is 0 Å². The molecule has 2 atom stereocenters. The standard InChI is InChI=1S/C12H18N4O2.C2HF3O2/c1-14-8-9(7-13-14)16-10-2-3-15(4-5-17)11(10)6-12(16)18;3-2(4,5)1(6)7/h7-8,10-11,17H,2-6H2,1H3;(H,6,7)/t10-,11-;/m0./s1. The number of halogens is 3. The number of aliphatic hydroxyl groups excluding tert-OH is 1. The van der Waals surface area contributed by atoms with Gasteiger partial charge in [-0.2, -0.15) is 18.3 Å². The maximum Gasteiger partial charge on any atom is 0.490 e. The maximum atomic E-state index is 12.1. The van der Waals surface area contributed by atoms with Crippen molar-refractivity contribution in [1.29, 1.82) is 0 Å². The van der Waals surface area contributed by atoms with E-state index in [4.69, 9.17) is 15.0 Å². The Balaban J connectivity index is 0.000000277. The molecule has 11 heteroatoms. The van der Waals surface area contributed by atoms with Crippen molar-refractivity contribution < 1.29 is 33.0 Å². The number of amides is 1. The van der Waals surface area contributed by atoms with Crippen LogP contribution in [0.25, 0.3) is 0 Å². The van der Waals surface area contributed by atoms with Crippen LogP contribution < -0.4 is 4.90 Å². The van der Waals surface area contributed by atoms with Gasteiger partial charge in [-0.1, -0.05) is 0 Å². The van der Waals surface area contributed by atoms with Crippen molar-refractivity contribution in [2.24, 2.45) is 7.05 Å². The molecule has 3 heterocycles. The lowest BCUT2D eigenvalue weighted by atomic mass is 10.1. The quantitative estimate of drug-likeness (QED) is 0.797. The van der Waals surface area contributed by atoms with Gasteiger partial charge in [0.15, 0.2) is 0 Å². The fourth-order valence-corrected chi connectivity index (χ4v) is 3.20. The molecular weight excluding hydrogens is 345 g/mol. The van der Waals surface area contributed by atoms with Gasteiger partial charge in [0, 0.05) is 38.8 Å². The molecule has 140 valence electrons. The van der Waals surface area contributed by atoms with E-state index in [1.54, 1.807) is 10.9 Å². The molecule has 2 saturated heterocycles. The highest BCUT2D eigenvalue weighted by Gasteiger charge is 2.47. The van der Waals surface area contributed by atoms with Crippen LogP contribution in [0.5, 0.6) is 0 Å². The van der Waals surface area contributed by atoms with Crippen LogP contribution in [0.4, 0.5) is 18.9 Å². The molecule has 0 bridgehead atoms. The van der Waals surface area contributed by atoms with E-state index >= 15 is 0 Å². The number of carbonyl (C=O) groups is 2. The van der Waals surface area contributed by atoms with Gasteiger partial charge >= 0.3 is 12.1 Å². The Labute approximate surface area is 141 Å². The number of hydrogen-bond donors (Lipinski definition) is 2. The lowest BCUT2D eigenvalue weighted by Gasteiger charge is -2.23. The van der Waals surface area contributed by atoms with Crippen LogP contribution in [0, 0.1) is 0 Å². The Hall–Kier alpha value is -2.14. The van der Waals surface area contributed by atoms with Crippen molar-refractivity contribution in [3.8, 4) is 0 Å². The zero-order valence-corrected chi connectivity index (χ0v) is 13.5. The monoisotopic (exact) mass is 364 g/mol. The predicted octanol–water partition coefficient (Wildman–Crippen LogP) is 0.225. The number of fused-ring (bicyclic) bond motifs is 1. The molecule has 2 N–H and O–H groups in total. The number of aryl methyl sites for hydroxylation is 1. The minimum absolute atomic E-state index is 0.157. The van der Waals surface area contributed by atoms with Crippen LogP contribution in [0.2, 0.25) is 0 Å². The number of aliphatic hydroxyl groups is 1. The van der Waals surface area contributed by atoms with Gasteiger partial charge in [-0.25, -0.2) is 4.79 Å². The topological polar surface area (TPSA) is 98.9 Å². The summed E-state index contributed by atoms with van der Waals surface area (Å²) in [6, 6.07) is 0.498. The summed E-state index contributed by atoms with van der Waals surface area (Å²) in [7, 11) is 1.86. The predicted molar refractivity (Wildman–Crippen MR) is 79.9 cm³/mol. The van der Waals surface area contributed by atoms with Crippen molar-refractivity contribution in [2.75, 3.05) is 24.6 Å². The van der Waals surface area contributed by atoms with Gasteiger partial charge in [-0.3, -0.25) is 14.4 Å². The third-order valence-corrected chi connectivity index (χ3v) is 4.21. The number of alkyl halides is 3. The molecule has 0 aromatic carbocycles. The van der Waals surface area contributed by atoms with Crippen LogP contribution in [-0.4, -0.2) is 74.7 Å². The third kappa shape index (κ3) is 4.28. The lowest BCUT2D eigenvalue weighted by Crippen LogP contribution is -2.38. The first-order chi connectivity index (χ1) is 11.6. The Bertz CT molecular complexity index is 634. The third-order valence-electron chi connectivity index (χ3n) is 4.21. The van der Waals surface area contributed by atoms with Gasteiger partial charge in [0.25, 0.3) is 0 Å². The van der Waals surface area contributed by atoms with Gasteiger partial charge in [0.1, 0.15) is 0 Å². The van der Waals surface area contributed by atoms with Crippen molar-refractivity contribution >= 4 is 17.6 Å². The van der Waals surface area contributed by atoms with E-state index in [0.717, 1.165) is 18.7 Å². The minimum atomic E-state index is -5.08. The first-order valence-corrected chi connectivity index (χ1v) is 7.61. The first kappa shape index (κ1) is 19.2. The van der Waals surface area contributed by atoms with Gasteiger partial charge < -0.3 is 15.1 Å². The number of rotatable bonds is 3. The summed E-state index contributed by atoms with van der Waals surface area (Å²) < 4.78 is 33.5. The van der Waals surface area contributed by atoms with Crippen molar-refractivity contribution in [3.05, 3.63) is 12.4 Å². The second kappa shape index (κ2) is 7.40. The molecule has 25 heavy (non-hydrogen) atoms. The highest BCUT2D eigenvalue weighted by atomic mass is 19.4. The second-order valence-electron chi connectivity index (χ2n) is 5.83. The second-order valence-corrected chi connectivity index (χ2v) is 5.83. The van der Waals surface area contributed by atoms with Gasteiger partial charge in [0.2, 0.25) is 5.91 Å². The highest BCUT2D eigenvalue weighted by molar-refractivity contribution is 5.97. The number of anilines is 1. The molecule has 1 aromatic heterocycles. The molecule has 1 amide bonds. The van der Waals surface area contributed by atoms with Crippen LogP contribution >= 0.6 is 0 Å². The number of aliphatic carboxylic acids is 1. The molecular formula is C14H19F3N4O4. The Kier molecular flexibility index (Phi) is 5.68. The highest BCUT2D eigenvalue weighted by Crippen LogP contribution is 2.35. The van der Waals surface area contributed by atoms with Gasteiger partial charge in [-0.15, -0.1) is 0 Å². The lowest BCUT2D eigenvalue weighted by molar-refractivity contribution is -0.192. The molecule has 0 saturated carbocycles. The number of carboxylic acid groups (broad SMARTS) is 1. The Morgan fingerprint density at radius 3 is 2.52 bits per heavy atom. The average molecular weight is 364 g/mol. The van der Waals surface area contributed by atoms with E-state index in [9.17, 15) is 18.0 Å². The zero-order valence-electron chi connectivity index (χ0n) is 13.5. The van der Waals surface area contributed by atoms with Crippen LogP contribution in [0.15, 0.2) is 12.4 Å². The van der Waals surface area contributed by atoms with E-state index < -0.39 is 12.1 Å². The molecule has 3 rings (SSSR count). The largest absolute Gasteiger partial charge is 0.490 e. The fraction of sp³-hybridized carbons (Fsp3) is 0.643. The number of likely N-dealkylation sites (tertiary alicyclic amines) is 1. The van der Waals surface area contributed by atoms with Crippen molar-refractivity contribution in [1.82, 2.24) is 14.7 Å². The molecule has 0 aliphatic carbocycles. The zero-order chi connectivity index (χ0) is 18.8. The number of nitrogens with zero attached hydrogens (tertiary/aromatic N) is 4. The summed E-state index contributed by atoms with van der Waals surface area (Å²) in [5.41, 5.74) is 0.890. The number of hydrogen-bond acceptors (Lipinski definition) is 5. The Morgan fingerprint density at radius 1 is 1.40 bits per heavy atom. The summed E-state index contributed by atoms with van der Waals surface area (Å²) >= 11 is 0. The maximum absolute atomic E-state index is 12.1. The average Bonchev–Trinajstić information content (AvgIpc) is 3.16. The normalized spacial score (nSPS) is 23.4. The molecule has 1 aromatic rings. The van der Waals surface area contributed by atoms with Crippen LogP contribution in [0.1, 0.15) is 12.8 Å². The van der Waals surface area contributed by atoms with E-state index in [-0.39, 0.29) is 24.6 Å². The number of carboxylic acids is 1. The van der Waals surface area contributed by atoms with Gasteiger partial charge in [0.05, 0.1) is 24.5 Å². The van der Waals surface area contributed by atoms with Crippen LogP contribution in [0.3, 0.4) is 0 Å². The van der Waals surface area contributed by atoms with E-state index in [2.05, 4.69) is 10.00 Å². The molecule has 2 aliphatic heterocycles. The Morgan fingerprint density at radius 2 is 2.04 bits per heavy atom. The molecule has 0 spiro atoms. The van der Waals surface area contributed by atoms with Crippen molar-refractivity contribution in [3.63, 3.8) is 0 Å². The SMILES string of the molecule is Cn1cc(N2C(=O)C[C@H]3[C@@H]2CCN3CCO)cn1.O=C(O)C(F)(F)F. The smallest absolute Gasteiger partial charge is 0.475 e. The molecule has 2 aliphatic rings. The summed E-state index contributed by atoms with van der Waals surface area (Å²) in [4.78, 5) is 25.1. The number of aromatic nitrogens is 2. The number of carbonyl (C=O) groups excluding carboxylic acids is 1. The number of β-amino-alcohol motifs (C(OH)–C–C–N with tert-alkyl or cyclic N) is 1. The summed E-state index contributed by atoms with van der Waals surface area (Å²) in [5, 5.41) is 20.3.